The first-order valence-corrected chi connectivity index (χ1v) is 12.7. The van der Waals surface area contributed by atoms with Gasteiger partial charge < -0.3 is 14.2 Å². The summed E-state index contributed by atoms with van der Waals surface area (Å²) in [5.74, 6) is 0.0217. The standard InChI is InChI=1S/C23H26FN5O4S/c24-18-1-3-19(4-2-18)27-13-15-28(16-14-27)23(30)17-8-11-29(12-9-17)34(31,32)22-6-5-21(33-22)20-7-10-25-26-20/h1-7,10,17H,8-9,11-16H2,(H,25,26). The SMILES string of the molecule is O=C(C1CCN(S(=O)(=O)c2ccc(-c3ccn[nH]3)o2)CC1)N1CCN(c2ccc(F)cc2)CC1. The second kappa shape index (κ2) is 9.22. The molecule has 2 aliphatic heterocycles. The zero-order valence-corrected chi connectivity index (χ0v) is 19.4. The van der Waals surface area contributed by atoms with Crippen LogP contribution in [0.15, 0.2) is 58.2 Å². The Balaban J connectivity index is 1.15. The van der Waals surface area contributed by atoms with Crippen molar-refractivity contribution < 1.29 is 22.0 Å². The number of piperidine rings is 1. The third kappa shape index (κ3) is 4.45. The van der Waals surface area contributed by atoms with Gasteiger partial charge in [-0.15, -0.1) is 0 Å². The number of H-pyrrole nitrogens is 1. The maximum atomic E-state index is 13.2. The maximum absolute atomic E-state index is 13.2. The molecule has 4 heterocycles. The number of carbonyl (C=O) groups is 1. The Hall–Kier alpha value is -3.18. The smallest absolute Gasteiger partial charge is 0.276 e. The van der Waals surface area contributed by atoms with E-state index in [2.05, 4.69) is 15.1 Å². The van der Waals surface area contributed by atoms with Crippen LogP contribution in [-0.4, -0.2) is 73.0 Å². The zero-order chi connectivity index (χ0) is 23.7. The highest BCUT2D eigenvalue weighted by Gasteiger charge is 2.36. The van der Waals surface area contributed by atoms with Gasteiger partial charge in [0.15, 0.2) is 5.76 Å². The molecule has 9 nitrogen and oxygen atoms in total. The van der Waals surface area contributed by atoms with Crippen molar-refractivity contribution in [2.24, 2.45) is 5.92 Å². The van der Waals surface area contributed by atoms with Gasteiger partial charge in [0.25, 0.3) is 10.0 Å². The Morgan fingerprint density at radius 2 is 1.68 bits per heavy atom. The van der Waals surface area contributed by atoms with E-state index in [9.17, 15) is 17.6 Å². The number of aromatic amines is 1. The third-order valence-corrected chi connectivity index (χ3v) is 8.30. The summed E-state index contributed by atoms with van der Waals surface area (Å²) >= 11 is 0. The fourth-order valence-electron chi connectivity index (χ4n) is 4.56. The van der Waals surface area contributed by atoms with Crippen LogP contribution in [-0.2, 0) is 14.8 Å². The number of amides is 1. The molecule has 0 unspecified atom stereocenters. The molecule has 11 heteroatoms. The number of sulfonamides is 1. The molecule has 0 saturated carbocycles. The van der Waals surface area contributed by atoms with Crippen LogP contribution in [0, 0.1) is 11.7 Å². The summed E-state index contributed by atoms with van der Waals surface area (Å²) in [6.07, 6.45) is 2.52. The topological polar surface area (TPSA) is 103 Å². The van der Waals surface area contributed by atoms with Crippen LogP contribution in [0.1, 0.15) is 12.8 Å². The largest absolute Gasteiger partial charge is 0.442 e. The predicted molar refractivity (Wildman–Crippen MR) is 123 cm³/mol. The molecule has 180 valence electrons. The van der Waals surface area contributed by atoms with E-state index in [1.165, 1.54) is 22.5 Å². The minimum absolute atomic E-state index is 0.0790. The highest BCUT2D eigenvalue weighted by molar-refractivity contribution is 7.89. The van der Waals surface area contributed by atoms with Gasteiger partial charge in [-0.2, -0.15) is 9.40 Å². The van der Waals surface area contributed by atoms with E-state index in [0.29, 0.717) is 50.5 Å². The van der Waals surface area contributed by atoms with Crippen LogP contribution in [0.5, 0.6) is 0 Å². The molecule has 2 aliphatic rings. The molecule has 1 amide bonds. The molecule has 1 N–H and O–H groups in total. The Morgan fingerprint density at radius 3 is 2.32 bits per heavy atom. The number of anilines is 1. The highest BCUT2D eigenvalue weighted by Crippen LogP contribution is 2.29. The van der Waals surface area contributed by atoms with Crippen molar-refractivity contribution in [2.45, 2.75) is 17.9 Å². The van der Waals surface area contributed by atoms with E-state index in [0.717, 1.165) is 5.69 Å². The van der Waals surface area contributed by atoms with Crippen molar-refractivity contribution in [2.75, 3.05) is 44.2 Å². The lowest BCUT2D eigenvalue weighted by Gasteiger charge is -2.39. The van der Waals surface area contributed by atoms with Gasteiger partial charge in [-0.25, -0.2) is 12.8 Å². The monoisotopic (exact) mass is 487 g/mol. The fourth-order valence-corrected chi connectivity index (χ4v) is 5.94. The minimum atomic E-state index is -3.77. The summed E-state index contributed by atoms with van der Waals surface area (Å²) in [6.45, 7) is 3.10. The van der Waals surface area contributed by atoms with Crippen molar-refractivity contribution in [1.29, 1.82) is 0 Å². The molecule has 0 bridgehead atoms. The van der Waals surface area contributed by atoms with Crippen LogP contribution in [0.4, 0.5) is 10.1 Å². The highest BCUT2D eigenvalue weighted by atomic mass is 32.2. The Bertz CT molecular complexity index is 1230. The molecular weight excluding hydrogens is 461 g/mol. The number of benzene rings is 1. The van der Waals surface area contributed by atoms with Crippen molar-refractivity contribution in [3.8, 4) is 11.5 Å². The van der Waals surface area contributed by atoms with Gasteiger partial charge in [-0.05, 0) is 55.3 Å². The lowest BCUT2D eigenvalue weighted by atomic mass is 9.96. The Morgan fingerprint density at radius 1 is 0.971 bits per heavy atom. The normalized spacial score (nSPS) is 18.4. The predicted octanol–water partition coefficient (Wildman–Crippen LogP) is 2.56. The van der Waals surface area contributed by atoms with Crippen molar-refractivity contribution >= 4 is 21.6 Å². The average Bonchev–Trinajstić information content (AvgIpc) is 3.57. The molecule has 2 fully saturated rings. The number of halogens is 1. The minimum Gasteiger partial charge on any atom is -0.442 e. The van der Waals surface area contributed by atoms with Gasteiger partial charge in [-0.3, -0.25) is 9.89 Å². The second-order valence-corrected chi connectivity index (χ2v) is 10.4. The molecule has 2 aromatic heterocycles. The van der Waals surface area contributed by atoms with Crippen LogP contribution < -0.4 is 4.90 Å². The summed E-state index contributed by atoms with van der Waals surface area (Å²) in [4.78, 5) is 17.1. The number of nitrogens with one attached hydrogen (secondary N) is 1. The molecule has 2 saturated heterocycles. The fraction of sp³-hybridized carbons (Fsp3) is 0.391. The van der Waals surface area contributed by atoms with Crippen LogP contribution in [0.2, 0.25) is 0 Å². The van der Waals surface area contributed by atoms with Gasteiger partial charge in [0, 0.05) is 57.1 Å². The number of nitrogens with zero attached hydrogens (tertiary/aromatic N) is 4. The number of hydrogen-bond donors (Lipinski definition) is 1. The first-order valence-electron chi connectivity index (χ1n) is 11.3. The first-order chi connectivity index (χ1) is 16.4. The Labute approximate surface area is 197 Å². The van der Waals surface area contributed by atoms with E-state index in [1.54, 1.807) is 30.5 Å². The van der Waals surface area contributed by atoms with Crippen LogP contribution in [0.3, 0.4) is 0 Å². The molecule has 34 heavy (non-hydrogen) atoms. The number of piperazine rings is 1. The molecule has 0 radical (unpaired) electrons. The summed E-state index contributed by atoms with van der Waals surface area (Å²) in [6, 6.07) is 11.1. The third-order valence-electron chi connectivity index (χ3n) is 6.53. The molecular formula is C23H26FN5O4S. The zero-order valence-electron chi connectivity index (χ0n) is 18.6. The van der Waals surface area contributed by atoms with E-state index >= 15 is 0 Å². The van der Waals surface area contributed by atoms with Gasteiger partial charge in [-0.1, -0.05) is 0 Å². The lowest BCUT2D eigenvalue weighted by Crippen LogP contribution is -2.52. The number of carbonyl (C=O) groups excluding carboxylic acids is 1. The molecule has 0 spiro atoms. The second-order valence-electron chi connectivity index (χ2n) is 8.56. The average molecular weight is 488 g/mol. The van der Waals surface area contributed by atoms with Crippen LogP contribution >= 0.6 is 0 Å². The van der Waals surface area contributed by atoms with Crippen LogP contribution in [0.25, 0.3) is 11.5 Å². The van der Waals surface area contributed by atoms with Crippen molar-refractivity contribution in [3.63, 3.8) is 0 Å². The maximum Gasteiger partial charge on any atom is 0.276 e. The van der Waals surface area contributed by atoms with Gasteiger partial charge >= 0.3 is 0 Å². The molecule has 3 aromatic rings. The number of furan rings is 1. The number of rotatable bonds is 5. The quantitative estimate of drug-likeness (QED) is 0.594. The van der Waals surface area contributed by atoms with E-state index in [-0.39, 0.29) is 35.8 Å². The molecule has 5 rings (SSSR count). The molecule has 1 aromatic carbocycles. The van der Waals surface area contributed by atoms with Gasteiger partial charge in [0.1, 0.15) is 11.5 Å². The first kappa shape index (κ1) is 22.6. The van der Waals surface area contributed by atoms with Gasteiger partial charge in [0.2, 0.25) is 11.0 Å². The molecule has 0 aliphatic carbocycles. The van der Waals surface area contributed by atoms with Crippen molar-refractivity contribution in [1.82, 2.24) is 19.4 Å². The summed E-state index contributed by atoms with van der Waals surface area (Å²) < 4.78 is 46.2. The van der Waals surface area contributed by atoms with Crippen molar-refractivity contribution in [3.05, 3.63) is 54.5 Å². The summed E-state index contributed by atoms with van der Waals surface area (Å²) in [7, 11) is -3.77. The van der Waals surface area contributed by atoms with E-state index < -0.39 is 10.0 Å². The van der Waals surface area contributed by atoms with Gasteiger partial charge in [0.05, 0.1) is 0 Å². The number of hydrogen-bond acceptors (Lipinski definition) is 6. The number of aromatic nitrogens is 2. The summed E-state index contributed by atoms with van der Waals surface area (Å²) in [5, 5.41) is 6.49. The lowest BCUT2D eigenvalue weighted by molar-refractivity contribution is -0.137. The molecule has 0 atom stereocenters. The summed E-state index contributed by atoms with van der Waals surface area (Å²) in [5.41, 5.74) is 1.55. The van der Waals surface area contributed by atoms with E-state index in [1.807, 2.05) is 4.90 Å². The van der Waals surface area contributed by atoms with E-state index in [4.69, 9.17) is 4.42 Å². The Kier molecular flexibility index (Phi) is 6.13.